The van der Waals surface area contributed by atoms with Gasteiger partial charge in [-0.1, -0.05) is 55.0 Å². The van der Waals surface area contributed by atoms with Crippen LogP contribution in [0.25, 0.3) is 0 Å². The molecule has 0 fully saturated rings. The van der Waals surface area contributed by atoms with Gasteiger partial charge in [-0.15, -0.1) is 0 Å². The molecule has 1 N–H and O–H groups in total. The highest BCUT2D eigenvalue weighted by molar-refractivity contribution is 5.35. The first kappa shape index (κ1) is 10.2. The van der Waals surface area contributed by atoms with Gasteiger partial charge in [-0.3, -0.25) is 0 Å². The Hall–Kier alpha value is -1.34. The van der Waals surface area contributed by atoms with Gasteiger partial charge in [0, 0.05) is 6.42 Å². The highest BCUT2D eigenvalue weighted by Crippen LogP contribution is 2.31. The fourth-order valence-corrected chi connectivity index (χ4v) is 1.87. The predicted molar refractivity (Wildman–Crippen MR) is 62.5 cm³/mol. The molecule has 0 radical (unpaired) electrons. The van der Waals surface area contributed by atoms with Crippen LogP contribution >= 0.6 is 0 Å². The first-order chi connectivity index (χ1) is 7.24. The number of hydrogen-bond acceptors (Lipinski definition) is 1. The maximum atomic E-state index is 10.4. The smallest absolute Gasteiger partial charge is 0.111 e. The lowest BCUT2D eigenvalue weighted by Gasteiger charge is -2.27. The van der Waals surface area contributed by atoms with Crippen molar-refractivity contribution in [3.8, 4) is 0 Å². The van der Waals surface area contributed by atoms with Crippen molar-refractivity contribution in [1.82, 2.24) is 0 Å². The molecule has 15 heavy (non-hydrogen) atoms. The minimum absolute atomic E-state index is 0.677. The summed E-state index contributed by atoms with van der Waals surface area (Å²) in [4.78, 5) is 0. The fourth-order valence-electron chi connectivity index (χ4n) is 1.87. The van der Waals surface area contributed by atoms with E-state index in [1.807, 2.05) is 42.5 Å². The fraction of sp³-hybridized carbons (Fsp3) is 0.286. The monoisotopic (exact) mass is 200 g/mol. The van der Waals surface area contributed by atoms with Gasteiger partial charge in [0.2, 0.25) is 0 Å². The standard InChI is InChI=1S/C14H16O/c1-2-12-8-10-14(15,11-9-12)13-6-4-3-5-7-13/h3-10,15H,2,11H2,1H3. The number of hydrogen-bond donors (Lipinski definition) is 1. The molecule has 1 aromatic rings. The molecule has 1 aliphatic carbocycles. The molecule has 1 unspecified atom stereocenters. The molecular weight excluding hydrogens is 184 g/mol. The van der Waals surface area contributed by atoms with Crippen LogP contribution in [0.4, 0.5) is 0 Å². The Bertz CT molecular complexity index is 389. The molecule has 0 bridgehead atoms. The SMILES string of the molecule is CCC1=CCC(O)(c2ccccc2)C=C1. The normalized spacial score (nSPS) is 25.1. The van der Waals surface area contributed by atoms with E-state index in [4.69, 9.17) is 0 Å². The van der Waals surface area contributed by atoms with Crippen molar-refractivity contribution in [1.29, 1.82) is 0 Å². The van der Waals surface area contributed by atoms with Crippen molar-refractivity contribution in [2.24, 2.45) is 0 Å². The van der Waals surface area contributed by atoms with Gasteiger partial charge >= 0.3 is 0 Å². The highest BCUT2D eigenvalue weighted by atomic mass is 16.3. The van der Waals surface area contributed by atoms with Gasteiger partial charge in [0.25, 0.3) is 0 Å². The third-order valence-electron chi connectivity index (χ3n) is 2.93. The lowest BCUT2D eigenvalue weighted by molar-refractivity contribution is 0.0911. The summed E-state index contributed by atoms with van der Waals surface area (Å²) in [5, 5.41) is 10.4. The second kappa shape index (κ2) is 4.03. The summed E-state index contributed by atoms with van der Waals surface area (Å²) in [6.07, 6.45) is 7.75. The van der Waals surface area contributed by atoms with Crippen molar-refractivity contribution in [2.75, 3.05) is 0 Å². The molecule has 0 saturated carbocycles. The summed E-state index contributed by atoms with van der Waals surface area (Å²) in [5.74, 6) is 0. The number of aliphatic hydroxyl groups is 1. The van der Waals surface area contributed by atoms with Crippen molar-refractivity contribution in [3.05, 3.63) is 59.7 Å². The first-order valence-corrected chi connectivity index (χ1v) is 5.41. The summed E-state index contributed by atoms with van der Waals surface area (Å²) >= 11 is 0. The third-order valence-corrected chi connectivity index (χ3v) is 2.93. The number of rotatable bonds is 2. The predicted octanol–water partition coefficient (Wildman–Crippen LogP) is 3.17. The van der Waals surface area contributed by atoms with Crippen LogP contribution in [0.3, 0.4) is 0 Å². The van der Waals surface area contributed by atoms with Gasteiger partial charge in [-0.2, -0.15) is 0 Å². The molecule has 0 heterocycles. The molecule has 2 rings (SSSR count). The first-order valence-electron chi connectivity index (χ1n) is 5.41. The molecule has 0 amide bonds. The number of benzene rings is 1. The Morgan fingerprint density at radius 3 is 2.53 bits per heavy atom. The molecule has 1 heteroatoms. The molecule has 1 aliphatic rings. The molecule has 78 valence electrons. The van der Waals surface area contributed by atoms with Crippen molar-refractivity contribution >= 4 is 0 Å². The molecule has 0 saturated heterocycles. The minimum atomic E-state index is -0.806. The summed E-state index contributed by atoms with van der Waals surface area (Å²) in [7, 11) is 0. The van der Waals surface area contributed by atoms with E-state index in [1.165, 1.54) is 5.57 Å². The van der Waals surface area contributed by atoms with Crippen molar-refractivity contribution in [3.63, 3.8) is 0 Å². The zero-order valence-corrected chi connectivity index (χ0v) is 8.98. The van der Waals surface area contributed by atoms with Crippen LogP contribution in [0.5, 0.6) is 0 Å². The maximum absolute atomic E-state index is 10.4. The lowest BCUT2D eigenvalue weighted by Crippen LogP contribution is -2.23. The zero-order chi connectivity index (χ0) is 10.7. The van der Waals surface area contributed by atoms with Gasteiger partial charge < -0.3 is 5.11 Å². The summed E-state index contributed by atoms with van der Waals surface area (Å²) in [6, 6.07) is 9.82. The van der Waals surface area contributed by atoms with Crippen LogP contribution in [-0.4, -0.2) is 5.11 Å². The van der Waals surface area contributed by atoms with Crippen molar-refractivity contribution < 1.29 is 5.11 Å². The molecular formula is C14H16O. The van der Waals surface area contributed by atoms with Gasteiger partial charge in [0.15, 0.2) is 0 Å². The van der Waals surface area contributed by atoms with E-state index in [2.05, 4.69) is 13.0 Å². The molecule has 1 nitrogen and oxygen atoms in total. The zero-order valence-electron chi connectivity index (χ0n) is 8.98. The van der Waals surface area contributed by atoms with E-state index in [-0.39, 0.29) is 0 Å². The largest absolute Gasteiger partial charge is 0.381 e. The summed E-state index contributed by atoms with van der Waals surface area (Å²) < 4.78 is 0. The highest BCUT2D eigenvalue weighted by Gasteiger charge is 2.26. The lowest BCUT2D eigenvalue weighted by atomic mass is 9.85. The van der Waals surface area contributed by atoms with E-state index in [9.17, 15) is 5.11 Å². The number of allylic oxidation sites excluding steroid dienone is 2. The maximum Gasteiger partial charge on any atom is 0.111 e. The third kappa shape index (κ3) is 2.02. The van der Waals surface area contributed by atoms with Crippen LogP contribution in [0.15, 0.2) is 54.1 Å². The average Bonchev–Trinajstić information content (AvgIpc) is 2.31. The van der Waals surface area contributed by atoms with E-state index < -0.39 is 5.60 Å². The molecule has 0 spiro atoms. The second-order valence-electron chi connectivity index (χ2n) is 3.96. The van der Waals surface area contributed by atoms with Gasteiger partial charge in [-0.05, 0) is 18.1 Å². The molecule has 0 aromatic heterocycles. The van der Waals surface area contributed by atoms with Crippen LogP contribution in [0.2, 0.25) is 0 Å². The van der Waals surface area contributed by atoms with E-state index in [1.54, 1.807) is 0 Å². The van der Waals surface area contributed by atoms with E-state index >= 15 is 0 Å². The van der Waals surface area contributed by atoms with E-state index in [0.29, 0.717) is 6.42 Å². The van der Waals surface area contributed by atoms with Crippen LogP contribution in [0, 0.1) is 0 Å². The Balaban J connectivity index is 2.25. The summed E-state index contributed by atoms with van der Waals surface area (Å²) in [5.41, 5.74) is 1.46. The molecule has 0 aliphatic heterocycles. The summed E-state index contributed by atoms with van der Waals surface area (Å²) in [6.45, 7) is 2.13. The Kier molecular flexibility index (Phi) is 2.74. The second-order valence-corrected chi connectivity index (χ2v) is 3.96. The van der Waals surface area contributed by atoms with Crippen LogP contribution in [-0.2, 0) is 5.60 Å². The van der Waals surface area contributed by atoms with Crippen LogP contribution < -0.4 is 0 Å². The Labute approximate surface area is 90.8 Å². The van der Waals surface area contributed by atoms with Gasteiger partial charge in [-0.25, -0.2) is 0 Å². The van der Waals surface area contributed by atoms with Crippen LogP contribution in [0.1, 0.15) is 25.3 Å². The minimum Gasteiger partial charge on any atom is -0.381 e. The van der Waals surface area contributed by atoms with E-state index in [0.717, 1.165) is 12.0 Å². The quantitative estimate of drug-likeness (QED) is 0.777. The van der Waals surface area contributed by atoms with Gasteiger partial charge in [0.1, 0.15) is 5.60 Å². The molecule has 1 aromatic carbocycles. The van der Waals surface area contributed by atoms with Crippen molar-refractivity contribution in [2.45, 2.75) is 25.4 Å². The molecule has 1 atom stereocenters. The average molecular weight is 200 g/mol. The topological polar surface area (TPSA) is 20.2 Å². The Morgan fingerprint density at radius 2 is 2.00 bits per heavy atom. The van der Waals surface area contributed by atoms with Gasteiger partial charge in [0.05, 0.1) is 0 Å². The Morgan fingerprint density at radius 1 is 1.27 bits per heavy atom.